The summed E-state index contributed by atoms with van der Waals surface area (Å²) >= 11 is 0. The maximum Gasteiger partial charge on any atom is 0.222 e. The molecule has 1 amide bonds. The molecule has 24 heavy (non-hydrogen) atoms. The lowest BCUT2D eigenvalue weighted by Crippen LogP contribution is -2.52. The van der Waals surface area contributed by atoms with Crippen molar-refractivity contribution in [3.05, 3.63) is 0 Å². The molecule has 0 aromatic rings. The summed E-state index contributed by atoms with van der Waals surface area (Å²) in [5.74, 6) is 0.353. The minimum Gasteiger partial charge on any atom is -0.340 e. The first-order chi connectivity index (χ1) is 11.4. The smallest absolute Gasteiger partial charge is 0.222 e. The van der Waals surface area contributed by atoms with Crippen LogP contribution < -0.4 is 0 Å². The number of piperazine rings is 2. The van der Waals surface area contributed by atoms with E-state index in [0.717, 1.165) is 58.8 Å². The number of carbonyl (C=O) groups is 1. The Hall–Kier alpha value is -0.650. The molecule has 1 unspecified atom stereocenters. The van der Waals surface area contributed by atoms with Gasteiger partial charge in [-0.15, -0.1) is 0 Å². The van der Waals surface area contributed by atoms with Gasteiger partial charge in [0.2, 0.25) is 5.91 Å². The van der Waals surface area contributed by atoms with Crippen LogP contribution in [0, 0.1) is 0 Å². The van der Waals surface area contributed by atoms with Gasteiger partial charge in [-0.1, -0.05) is 0 Å². The summed E-state index contributed by atoms with van der Waals surface area (Å²) in [6.07, 6.45) is 1.69. The summed E-state index contributed by atoms with van der Waals surface area (Å²) in [6, 6.07) is 1.75. The molecule has 5 heteroatoms. The Kier molecular flexibility index (Phi) is 7.51. The van der Waals surface area contributed by atoms with Crippen LogP contribution in [0.3, 0.4) is 0 Å². The van der Waals surface area contributed by atoms with Gasteiger partial charge in [0, 0.05) is 76.9 Å². The number of rotatable bonds is 6. The molecule has 2 saturated heterocycles. The van der Waals surface area contributed by atoms with Gasteiger partial charge in [-0.2, -0.15) is 0 Å². The fourth-order valence-corrected chi connectivity index (χ4v) is 3.86. The summed E-state index contributed by atoms with van der Waals surface area (Å²) in [7, 11) is 0. The Bertz CT molecular complexity index is 383. The van der Waals surface area contributed by atoms with Crippen molar-refractivity contribution in [1.29, 1.82) is 0 Å². The molecule has 0 aromatic carbocycles. The quantitative estimate of drug-likeness (QED) is 0.738. The highest BCUT2D eigenvalue weighted by Gasteiger charge is 2.25. The fourth-order valence-electron chi connectivity index (χ4n) is 3.86. The van der Waals surface area contributed by atoms with Crippen LogP contribution in [0.5, 0.6) is 0 Å². The lowest BCUT2D eigenvalue weighted by molar-refractivity contribution is -0.133. The minimum absolute atomic E-state index is 0.353. The average Bonchev–Trinajstić information content (AvgIpc) is 2.59. The zero-order valence-electron chi connectivity index (χ0n) is 16.5. The van der Waals surface area contributed by atoms with Crippen LogP contribution in [-0.4, -0.2) is 96.0 Å². The van der Waals surface area contributed by atoms with E-state index in [0.29, 0.717) is 30.5 Å². The third kappa shape index (κ3) is 5.43. The average molecular weight is 339 g/mol. The minimum atomic E-state index is 0.353. The van der Waals surface area contributed by atoms with Crippen LogP contribution in [0.2, 0.25) is 0 Å². The maximum atomic E-state index is 12.5. The third-order valence-corrected chi connectivity index (χ3v) is 5.88. The highest BCUT2D eigenvalue weighted by molar-refractivity contribution is 5.76. The summed E-state index contributed by atoms with van der Waals surface area (Å²) in [4.78, 5) is 22.1. The van der Waals surface area contributed by atoms with Crippen molar-refractivity contribution >= 4 is 5.91 Å². The zero-order valence-corrected chi connectivity index (χ0v) is 16.5. The lowest BCUT2D eigenvalue weighted by Gasteiger charge is -2.40. The molecule has 2 rings (SSSR count). The molecule has 0 bridgehead atoms. The highest BCUT2D eigenvalue weighted by atomic mass is 16.2. The van der Waals surface area contributed by atoms with Gasteiger partial charge >= 0.3 is 0 Å². The third-order valence-electron chi connectivity index (χ3n) is 5.88. The molecular weight excluding hydrogens is 300 g/mol. The first kappa shape index (κ1) is 19.7. The van der Waals surface area contributed by atoms with E-state index in [1.54, 1.807) is 0 Å². The number of amides is 1. The van der Waals surface area contributed by atoms with E-state index < -0.39 is 0 Å². The Morgan fingerprint density at radius 1 is 0.708 bits per heavy atom. The summed E-state index contributed by atoms with van der Waals surface area (Å²) in [5, 5.41) is 0. The summed E-state index contributed by atoms with van der Waals surface area (Å²) < 4.78 is 0. The van der Waals surface area contributed by atoms with Gasteiger partial charge in [0.25, 0.3) is 0 Å². The largest absolute Gasteiger partial charge is 0.340 e. The van der Waals surface area contributed by atoms with Crippen LogP contribution in [0.4, 0.5) is 0 Å². The van der Waals surface area contributed by atoms with Crippen LogP contribution in [0.25, 0.3) is 0 Å². The monoisotopic (exact) mass is 338 g/mol. The summed E-state index contributed by atoms with van der Waals surface area (Å²) in [5.41, 5.74) is 0. The molecule has 1 atom stereocenters. The second kappa shape index (κ2) is 9.16. The molecule has 0 aliphatic carbocycles. The van der Waals surface area contributed by atoms with E-state index in [2.05, 4.69) is 54.2 Å². The van der Waals surface area contributed by atoms with E-state index in [9.17, 15) is 4.79 Å². The van der Waals surface area contributed by atoms with Crippen LogP contribution >= 0.6 is 0 Å². The van der Waals surface area contributed by atoms with Crippen LogP contribution in [-0.2, 0) is 4.79 Å². The normalized spacial score (nSPS) is 23.2. The second-order valence-electron chi connectivity index (χ2n) is 8.06. The SMILES string of the molecule is CC(C)N1CCN(C(=O)CCC(C)N2CCN(C(C)C)CC2)CC1. The number of carbonyl (C=O) groups excluding carboxylic acids is 1. The van der Waals surface area contributed by atoms with Gasteiger partial charge in [-0.3, -0.25) is 19.5 Å². The second-order valence-corrected chi connectivity index (χ2v) is 8.06. The van der Waals surface area contributed by atoms with Crippen molar-refractivity contribution in [2.75, 3.05) is 52.4 Å². The lowest BCUT2D eigenvalue weighted by atomic mass is 10.1. The van der Waals surface area contributed by atoms with Crippen molar-refractivity contribution in [3.63, 3.8) is 0 Å². The van der Waals surface area contributed by atoms with Gasteiger partial charge in [0.15, 0.2) is 0 Å². The number of hydrogen-bond acceptors (Lipinski definition) is 4. The number of hydrogen-bond donors (Lipinski definition) is 0. The molecule has 0 aromatic heterocycles. The molecule has 5 nitrogen and oxygen atoms in total. The molecule has 2 aliphatic heterocycles. The summed E-state index contributed by atoms with van der Waals surface area (Å²) in [6.45, 7) is 19.8. The molecule has 0 radical (unpaired) electrons. The van der Waals surface area contributed by atoms with Crippen LogP contribution in [0.1, 0.15) is 47.5 Å². The molecule has 2 heterocycles. The molecule has 2 fully saturated rings. The molecule has 2 aliphatic rings. The molecular formula is C19H38N4O. The van der Waals surface area contributed by atoms with E-state index in [4.69, 9.17) is 0 Å². The first-order valence-corrected chi connectivity index (χ1v) is 9.88. The van der Waals surface area contributed by atoms with Crippen molar-refractivity contribution in [1.82, 2.24) is 19.6 Å². The number of nitrogens with zero attached hydrogens (tertiary/aromatic N) is 4. The Morgan fingerprint density at radius 2 is 1.12 bits per heavy atom. The van der Waals surface area contributed by atoms with E-state index in [1.807, 2.05) is 0 Å². The topological polar surface area (TPSA) is 30.0 Å². The van der Waals surface area contributed by atoms with E-state index in [1.165, 1.54) is 0 Å². The van der Waals surface area contributed by atoms with E-state index in [-0.39, 0.29) is 0 Å². The maximum absolute atomic E-state index is 12.5. The van der Waals surface area contributed by atoms with Crippen molar-refractivity contribution in [2.24, 2.45) is 0 Å². The molecule has 140 valence electrons. The van der Waals surface area contributed by atoms with Gasteiger partial charge in [0.1, 0.15) is 0 Å². The van der Waals surface area contributed by atoms with Gasteiger partial charge < -0.3 is 4.90 Å². The van der Waals surface area contributed by atoms with Gasteiger partial charge in [-0.05, 0) is 41.0 Å². The predicted octanol–water partition coefficient (Wildman–Crippen LogP) is 1.73. The standard InChI is InChI=1S/C19H38N4O/c1-16(2)20-8-12-22(13-9-20)18(5)6-7-19(24)23-14-10-21(11-15-23)17(3)4/h16-18H,6-15H2,1-5H3. The fraction of sp³-hybridized carbons (Fsp3) is 0.947. The Balaban J connectivity index is 1.67. The van der Waals surface area contributed by atoms with Gasteiger partial charge in [-0.25, -0.2) is 0 Å². The van der Waals surface area contributed by atoms with Gasteiger partial charge in [0.05, 0.1) is 0 Å². The zero-order chi connectivity index (χ0) is 17.7. The Morgan fingerprint density at radius 3 is 1.58 bits per heavy atom. The molecule has 0 spiro atoms. The van der Waals surface area contributed by atoms with Crippen molar-refractivity contribution in [2.45, 2.75) is 65.6 Å². The van der Waals surface area contributed by atoms with E-state index >= 15 is 0 Å². The van der Waals surface area contributed by atoms with Crippen LogP contribution in [0.15, 0.2) is 0 Å². The van der Waals surface area contributed by atoms with Crippen molar-refractivity contribution < 1.29 is 4.79 Å². The highest BCUT2D eigenvalue weighted by Crippen LogP contribution is 2.14. The predicted molar refractivity (Wildman–Crippen MR) is 100 cm³/mol. The Labute approximate surface area is 148 Å². The molecule has 0 N–H and O–H groups in total. The molecule has 0 saturated carbocycles. The van der Waals surface area contributed by atoms with Crippen molar-refractivity contribution in [3.8, 4) is 0 Å². The first-order valence-electron chi connectivity index (χ1n) is 9.88.